The van der Waals surface area contributed by atoms with Crippen LogP contribution in [0.25, 0.3) is 5.57 Å². The number of allylic oxidation sites excluding steroid dienone is 1. The second-order valence-corrected chi connectivity index (χ2v) is 7.58. The molecule has 1 amide bonds. The lowest BCUT2D eigenvalue weighted by Crippen LogP contribution is -2.63. The summed E-state index contributed by atoms with van der Waals surface area (Å²) in [5.74, 6) is -0.168. The Balaban J connectivity index is 1.94. The molecule has 2 unspecified atom stereocenters. The largest absolute Gasteiger partial charge is 0.466 e. The Morgan fingerprint density at radius 1 is 1.30 bits per heavy atom. The summed E-state index contributed by atoms with van der Waals surface area (Å²) in [4.78, 5) is 31.8. The summed E-state index contributed by atoms with van der Waals surface area (Å²) in [7, 11) is 5.55. The number of carbonyl (C=O) groups is 1. The van der Waals surface area contributed by atoms with Gasteiger partial charge >= 0.3 is 5.54 Å². The van der Waals surface area contributed by atoms with Gasteiger partial charge in [0.25, 0.3) is 5.91 Å². The van der Waals surface area contributed by atoms with Crippen LogP contribution < -0.4 is 10.6 Å². The highest BCUT2D eigenvalue weighted by Gasteiger charge is 2.59. The van der Waals surface area contributed by atoms with E-state index in [0.717, 1.165) is 16.8 Å². The predicted molar refractivity (Wildman–Crippen MR) is 115 cm³/mol. The Morgan fingerprint density at radius 3 is 2.43 bits per heavy atom. The Bertz CT molecular complexity index is 993. The number of nitrogens with zero attached hydrogens (tertiary/aromatic N) is 4. The molecule has 158 valence electrons. The number of aliphatic imine (C=N–C) groups is 1. The van der Waals surface area contributed by atoms with Crippen LogP contribution in [0.15, 0.2) is 52.0 Å². The lowest BCUT2D eigenvalue weighted by atomic mass is 9.88. The molecule has 2 aromatic rings. The minimum Gasteiger partial charge on any atom is -0.466 e. The number of hydrogen-bond acceptors (Lipinski definition) is 7. The number of aryl methyl sites for hydroxylation is 1. The van der Waals surface area contributed by atoms with Gasteiger partial charge in [-0.2, -0.15) is 0 Å². The standard InChI is InChI=1S/C21H25N5O4/c1-14-5-10-18(30-14)11-21(19(22)27,26(28)29)20-23-12-16(13-25(20)4)15-6-8-17(9-7-15)24(2)3/h5-10,12-13,20H,11H2,1-4H3,(H2,22,27). The van der Waals surface area contributed by atoms with E-state index in [-0.39, 0.29) is 6.42 Å². The van der Waals surface area contributed by atoms with Crippen molar-refractivity contribution in [2.24, 2.45) is 10.7 Å². The fourth-order valence-corrected chi connectivity index (χ4v) is 3.54. The second kappa shape index (κ2) is 8.02. The molecule has 1 aliphatic rings. The third-order valence-electron chi connectivity index (χ3n) is 5.22. The van der Waals surface area contributed by atoms with E-state index < -0.39 is 22.5 Å². The molecule has 0 spiro atoms. The number of nitro groups is 1. The van der Waals surface area contributed by atoms with Crippen LogP contribution in [0.1, 0.15) is 17.1 Å². The van der Waals surface area contributed by atoms with Gasteiger partial charge in [-0.25, -0.2) is 0 Å². The van der Waals surface area contributed by atoms with Crippen LogP contribution in [0.3, 0.4) is 0 Å². The molecule has 1 aromatic heterocycles. The Hall–Kier alpha value is -3.62. The normalized spacial score (nSPS) is 17.9. The van der Waals surface area contributed by atoms with Gasteiger partial charge in [0.1, 0.15) is 11.5 Å². The summed E-state index contributed by atoms with van der Waals surface area (Å²) < 4.78 is 5.48. The van der Waals surface area contributed by atoms with Crippen LogP contribution in [-0.2, 0) is 11.2 Å². The summed E-state index contributed by atoms with van der Waals surface area (Å²) in [5.41, 5.74) is 6.12. The molecule has 1 aliphatic heterocycles. The SMILES string of the molecule is Cc1ccc(CC(C(N)=O)(C2N=CC(c3ccc(N(C)C)cc3)=CN2C)[N+](=O)[O-])o1. The van der Waals surface area contributed by atoms with Crippen molar-refractivity contribution in [3.8, 4) is 0 Å². The van der Waals surface area contributed by atoms with E-state index in [2.05, 4.69) is 4.99 Å². The van der Waals surface area contributed by atoms with Gasteiger partial charge in [-0.05, 0) is 36.8 Å². The van der Waals surface area contributed by atoms with E-state index in [1.165, 1.54) is 0 Å². The Labute approximate surface area is 174 Å². The number of benzene rings is 1. The maximum Gasteiger partial charge on any atom is 0.344 e. The van der Waals surface area contributed by atoms with Gasteiger partial charge in [0, 0.05) is 49.7 Å². The molecule has 0 saturated carbocycles. The van der Waals surface area contributed by atoms with Crippen LogP contribution in [0, 0.1) is 17.0 Å². The molecule has 0 radical (unpaired) electrons. The quantitative estimate of drug-likeness (QED) is 0.550. The molecule has 2 N–H and O–H groups in total. The number of carbonyl (C=O) groups excluding carboxylic acids is 1. The van der Waals surface area contributed by atoms with Crippen molar-refractivity contribution in [1.82, 2.24) is 4.90 Å². The summed E-state index contributed by atoms with van der Waals surface area (Å²) >= 11 is 0. The third-order valence-corrected chi connectivity index (χ3v) is 5.22. The van der Waals surface area contributed by atoms with E-state index >= 15 is 0 Å². The number of likely N-dealkylation sites (N-methyl/N-ethyl adjacent to an activating group) is 1. The van der Waals surface area contributed by atoms with Gasteiger partial charge in [0.05, 0.1) is 6.42 Å². The number of amides is 1. The molecule has 0 aliphatic carbocycles. The van der Waals surface area contributed by atoms with Crippen LogP contribution in [-0.4, -0.2) is 54.8 Å². The number of hydrogen-bond donors (Lipinski definition) is 1. The van der Waals surface area contributed by atoms with Crippen molar-refractivity contribution in [3.05, 3.63) is 69.8 Å². The average Bonchev–Trinajstić information content (AvgIpc) is 3.10. The first kappa shape index (κ1) is 21.1. The van der Waals surface area contributed by atoms with Crippen molar-refractivity contribution in [1.29, 1.82) is 0 Å². The molecule has 0 fully saturated rings. The second-order valence-electron chi connectivity index (χ2n) is 7.58. The van der Waals surface area contributed by atoms with E-state index in [1.54, 1.807) is 43.4 Å². The van der Waals surface area contributed by atoms with Crippen molar-refractivity contribution >= 4 is 23.4 Å². The van der Waals surface area contributed by atoms with E-state index in [1.807, 2.05) is 43.3 Å². The first-order chi connectivity index (χ1) is 14.1. The van der Waals surface area contributed by atoms with E-state index in [0.29, 0.717) is 11.5 Å². The van der Waals surface area contributed by atoms with Gasteiger partial charge in [-0.3, -0.25) is 19.9 Å². The van der Waals surface area contributed by atoms with Crippen LogP contribution in [0.5, 0.6) is 0 Å². The summed E-state index contributed by atoms with van der Waals surface area (Å²) in [6.45, 7) is 1.73. The molecule has 30 heavy (non-hydrogen) atoms. The highest BCUT2D eigenvalue weighted by Crippen LogP contribution is 2.30. The van der Waals surface area contributed by atoms with Crippen molar-refractivity contribution in [2.45, 2.75) is 25.0 Å². The number of rotatable bonds is 7. The zero-order chi connectivity index (χ0) is 22.1. The molecule has 3 rings (SSSR count). The molecule has 0 saturated heterocycles. The number of nitrogens with two attached hydrogens (primary N) is 1. The van der Waals surface area contributed by atoms with Crippen LogP contribution in [0.2, 0.25) is 0 Å². The average molecular weight is 411 g/mol. The van der Waals surface area contributed by atoms with E-state index in [9.17, 15) is 14.9 Å². The predicted octanol–water partition coefficient (Wildman–Crippen LogP) is 2.08. The minimum absolute atomic E-state index is 0.295. The molecule has 2 atom stereocenters. The summed E-state index contributed by atoms with van der Waals surface area (Å²) in [6, 6.07) is 11.1. The molecule has 0 bridgehead atoms. The monoisotopic (exact) mass is 411 g/mol. The van der Waals surface area contributed by atoms with Crippen molar-refractivity contribution < 1.29 is 14.1 Å². The smallest absolute Gasteiger partial charge is 0.344 e. The summed E-state index contributed by atoms with van der Waals surface area (Å²) in [5, 5.41) is 12.1. The minimum atomic E-state index is -2.17. The zero-order valence-corrected chi connectivity index (χ0v) is 17.4. The maximum atomic E-state index is 12.4. The van der Waals surface area contributed by atoms with Gasteiger partial charge in [-0.15, -0.1) is 0 Å². The van der Waals surface area contributed by atoms with E-state index in [4.69, 9.17) is 10.2 Å². The van der Waals surface area contributed by atoms with Crippen LogP contribution >= 0.6 is 0 Å². The topological polar surface area (TPSA) is 118 Å². The van der Waals surface area contributed by atoms with Crippen molar-refractivity contribution in [3.63, 3.8) is 0 Å². The van der Waals surface area contributed by atoms with Gasteiger partial charge in [-0.1, -0.05) is 12.1 Å². The van der Waals surface area contributed by atoms with Crippen LogP contribution in [0.4, 0.5) is 5.69 Å². The summed E-state index contributed by atoms with van der Waals surface area (Å²) in [6.07, 6.45) is 1.87. The number of primary amides is 1. The molecular formula is C21H25N5O4. The van der Waals surface area contributed by atoms with Crippen molar-refractivity contribution in [2.75, 3.05) is 26.0 Å². The first-order valence-corrected chi connectivity index (χ1v) is 9.39. The van der Waals surface area contributed by atoms with Gasteiger partial charge < -0.3 is 20.0 Å². The molecule has 9 nitrogen and oxygen atoms in total. The maximum absolute atomic E-state index is 12.4. The van der Waals surface area contributed by atoms with Gasteiger partial charge in [0.2, 0.25) is 6.17 Å². The number of anilines is 1. The Morgan fingerprint density at radius 2 is 1.97 bits per heavy atom. The third kappa shape index (κ3) is 3.78. The highest BCUT2D eigenvalue weighted by molar-refractivity contribution is 6.10. The number of furan rings is 1. The fourth-order valence-electron chi connectivity index (χ4n) is 3.54. The Kier molecular flexibility index (Phi) is 5.64. The lowest BCUT2D eigenvalue weighted by Gasteiger charge is -2.35. The molecule has 1 aromatic carbocycles. The molecule has 2 heterocycles. The first-order valence-electron chi connectivity index (χ1n) is 9.39. The van der Waals surface area contributed by atoms with Gasteiger partial charge in [0.15, 0.2) is 0 Å². The lowest BCUT2D eigenvalue weighted by molar-refractivity contribution is -0.559. The molecular weight excluding hydrogens is 386 g/mol. The molecule has 9 heteroatoms. The zero-order valence-electron chi connectivity index (χ0n) is 17.4. The highest BCUT2D eigenvalue weighted by atomic mass is 16.6. The fraction of sp³-hybridized carbons (Fsp3) is 0.333.